The molecule has 7 nitrogen and oxygen atoms in total. The van der Waals surface area contributed by atoms with Crippen LogP contribution in [0.1, 0.15) is 15.9 Å². The lowest BCUT2D eigenvalue weighted by atomic mass is 10.2. The SMILES string of the molecule is Cc1cc(Cl)ccc1Nc1ncnc(NNC(=O)c2ccc(Cl)cc2)c1N. The summed E-state index contributed by atoms with van der Waals surface area (Å²) in [6.45, 7) is 1.91. The first-order valence-corrected chi connectivity index (χ1v) is 8.65. The average molecular weight is 403 g/mol. The minimum absolute atomic E-state index is 0.253. The van der Waals surface area contributed by atoms with Crippen LogP contribution in [0.25, 0.3) is 0 Å². The number of hydrazine groups is 1. The lowest BCUT2D eigenvalue weighted by Gasteiger charge is -2.14. The Hall–Kier alpha value is -3.03. The largest absolute Gasteiger partial charge is 0.393 e. The van der Waals surface area contributed by atoms with Crippen molar-refractivity contribution in [1.82, 2.24) is 15.4 Å². The maximum atomic E-state index is 12.2. The van der Waals surface area contributed by atoms with Crippen molar-refractivity contribution in [3.8, 4) is 0 Å². The van der Waals surface area contributed by atoms with Gasteiger partial charge in [0.2, 0.25) is 0 Å². The number of aromatic nitrogens is 2. The average Bonchev–Trinajstić information content (AvgIpc) is 2.65. The summed E-state index contributed by atoms with van der Waals surface area (Å²) >= 11 is 11.8. The lowest BCUT2D eigenvalue weighted by molar-refractivity contribution is 0.0962. The van der Waals surface area contributed by atoms with Gasteiger partial charge in [-0.1, -0.05) is 23.2 Å². The summed E-state index contributed by atoms with van der Waals surface area (Å²) in [5.41, 5.74) is 13.8. The number of hydrogen-bond donors (Lipinski definition) is 4. The van der Waals surface area contributed by atoms with E-state index in [1.807, 2.05) is 19.1 Å². The standard InChI is InChI=1S/C18H16Cl2N6O/c1-10-8-13(20)6-7-14(10)24-16-15(21)17(23-9-22-16)25-26-18(27)11-2-4-12(19)5-3-11/h2-9H,21H2,1H3,(H,26,27)(H2,22,23,24,25). The number of benzene rings is 2. The van der Waals surface area contributed by atoms with Crippen LogP contribution < -0.4 is 21.9 Å². The van der Waals surface area contributed by atoms with Gasteiger partial charge in [-0.25, -0.2) is 9.97 Å². The number of nitrogen functional groups attached to an aromatic ring is 1. The monoisotopic (exact) mass is 402 g/mol. The third kappa shape index (κ3) is 4.58. The van der Waals surface area contributed by atoms with Gasteiger partial charge in [0.05, 0.1) is 0 Å². The molecule has 1 heterocycles. The molecular formula is C18H16Cl2N6O. The molecule has 27 heavy (non-hydrogen) atoms. The summed E-state index contributed by atoms with van der Waals surface area (Å²) in [7, 11) is 0. The number of nitrogens with one attached hydrogen (secondary N) is 3. The van der Waals surface area contributed by atoms with Gasteiger partial charge in [0.15, 0.2) is 11.6 Å². The second-order valence-electron chi connectivity index (χ2n) is 5.65. The Kier molecular flexibility index (Phi) is 5.63. The van der Waals surface area contributed by atoms with Crippen LogP contribution in [0.5, 0.6) is 0 Å². The van der Waals surface area contributed by atoms with Crippen LogP contribution in [0.4, 0.5) is 23.0 Å². The van der Waals surface area contributed by atoms with Crippen LogP contribution in [0.2, 0.25) is 10.0 Å². The summed E-state index contributed by atoms with van der Waals surface area (Å²) in [6, 6.07) is 11.9. The molecule has 2 aromatic carbocycles. The van der Waals surface area contributed by atoms with Crippen molar-refractivity contribution < 1.29 is 4.79 Å². The summed E-state index contributed by atoms with van der Waals surface area (Å²) in [4.78, 5) is 20.4. The second-order valence-corrected chi connectivity index (χ2v) is 6.53. The van der Waals surface area contributed by atoms with Crippen molar-refractivity contribution in [3.05, 3.63) is 70.0 Å². The number of aryl methyl sites for hydroxylation is 1. The molecule has 0 unspecified atom stereocenters. The van der Waals surface area contributed by atoms with Gasteiger partial charge in [-0.05, 0) is 55.0 Å². The van der Waals surface area contributed by atoms with E-state index >= 15 is 0 Å². The first-order chi connectivity index (χ1) is 12.9. The van der Waals surface area contributed by atoms with E-state index in [2.05, 4.69) is 26.1 Å². The summed E-state index contributed by atoms with van der Waals surface area (Å²) in [5, 5.41) is 4.32. The molecule has 0 radical (unpaired) electrons. The van der Waals surface area contributed by atoms with Gasteiger partial charge >= 0.3 is 0 Å². The van der Waals surface area contributed by atoms with Crippen LogP contribution in [0.15, 0.2) is 48.8 Å². The molecule has 9 heteroatoms. The molecule has 0 atom stereocenters. The Balaban J connectivity index is 1.72. The Bertz CT molecular complexity index is 978. The third-order valence-corrected chi connectivity index (χ3v) is 4.21. The quantitative estimate of drug-likeness (QED) is 0.477. The van der Waals surface area contributed by atoms with E-state index < -0.39 is 0 Å². The number of nitrogens with zero attached hydrogens (tertiary/aromatic N) is 2. The minimum atomic E-state index is -0.354. The fourth-order valence-electron chi connectivity index (χ4n) is 2.28. The highest BCUT2D eigenvalue weighted by Gasteiger charge is 2.11. The van der Waals surface area contributed by atoms with Gasteiger partial charge in [-0.15, -0.1) is 0 Å². The van der Waals surface area contributed by atoms with Gasteiger partial charge in [0.1, 0.15) is 12.0 Å². The maximum absolute atomic E-state index is 12.2. The van der Waals surface area contributed by atoms with Crippen molar-refractivity contribution in [3.63, 3.8) is 0 Å². The lowest BCUT2D eigenvalue weighted by Crippen LogP contribution is -2.30. The molecule has 0 bridgehead atoms. The molecule has 0 saturated carbocycles. The maximum Gasteiger partial charge on any atom is 0.269 e. The number of hydrogen-bond acceptors (Lipinski definition) is 6. The van der Waals surface area contributed by atoms with Gasteiger partial charge in [-0.2, -0.15) is 0 Å². The highest BCUT2D eigenvalue weighted by molar-refractivity contribution is 6.31. The fraction of sp³-hybridized carbons (Fsp3) is 0.0556. The second kappa shape index (κ2) is 8.11. The Labute approximate surface area is 165 Å². The van der Waals surface area contributed by atoms with Crippen molar-refractivity contribution >= 4 is 52.1 Å². The zero-order valence-electron chi connectivity index (χ0n) is 14.3. The topological polar surface area (TPSA) is 105 Å². The van der Waals surface area contributed by atoms with Gasteiger partial charge in [0, 0.05) is 21.3 Å². The number of anilines is 4. The fourth-order valence-corrected chi connectivity index (χ4v) is 2.63. The van der Waals surface area contributed by atoms with Crippen molar-refractivity contribution in [1.29, 1.82) is 0 Å². The smallest absolute Gasteiger partial charge is 0.269 e. The number of rotatable bonds is 5. The van der Waals surface area contributed by atoms with E-state index in [1.165, 1.54) is 6.33 Å². The van der Waals surface area contributed by atoms with Crippen molar-refractivity contribution in [2.75, 3.05) is 16.5 Å². The molecule has 0 fully saturated rings. The number of carbonyl (C=O) groups excluding carboxylic acids is 1. The number of halogens is 2. The first-order valence-electron chi connectivity index (χ1n) is 7.89. The van der Waals surface area contributed by atoms with Crippen LogP contribution >= 0.6 is 23.2 Å². The zero-order valence-corrected chi connectivity index (χ0v) is 15.8. The van der Waals surface area contributed by atoms with Crippen LogP contribution in [0, 0.1) is 6.92 Å². The Morgan fingerprint density at radius 2 is 1.67 bits per heavy atom. The van der Waals surface area contributed by atoms with Gasteiger partial charge in [-0.3, -0.25) is 15.6 Å². The van der Waals surface area contributed by atoms with E-state index in [0.29, 0.717) is 21.4 Å². The van der Waals surface area contributed by atoms with Crippen LogP contribution in [-0.2, 0) is 0 Å². The Morgan fingerprint density at radius 1 is 1.00 bits per heavy atom. The summed E-state index contributed by atoms with van der Waals surface area (Å²) < 4.78 is 0. The predicted molar refractivity (Wildman–Crippen MR) is 108 cm³/mol. The molecule has 0 saturated heterocycles. The number of amides is 1. The molecule has 138 valence electrons. The van der Waals surface area contributed by atoms with Crippen molar-refractivity contribution in [2.24, 2.45) is 0 Å². The molecule has 0 aliphatic carbocycles. The highest BCUT2D eigenvalue weighted by atomic mass is 35.5. The molecule has 0 spiro atoms. The summed E-state index contributed by atoms with van der Waals surface area (Å²) in [6.07, 6.45) is 1.33. The molecule has 0 aliphatic rings. The van der Waals surface area contributed by atoms with Crippen LogP contribution in [-0.4, -0.2) is 15.9 Å². The Morgan fingerprint density at radius 3 is 2.37 bits per heavy atom. The first kappa shape index (κ1) is 18.8. The number of carbonyl (C=O) groups is 1. The molecule has 1 aromatic heterocycles. The number of nitrogens with two attached hydrogens (primary N) is 1. The van der Waals surface area contributed by atoms with Crippen molar-refractivity contribution in [2.45, 2.75) is 6.92 Å². The van der Waals surface area contributed by atoms with E-state index in [0.717, 1.165) is 11.3 Å². The summed E-state index contributed by atoms with van der Waals surface area (Å²) in [5.74, 6) is 0.313. The van der Waals surface area contributed by atoms with E-state index in [-0.39, 0.29) is 17.4 Å². The molecule has 0 aliphatic heterocycles. The zero-order chi connectivity index (χ0) is 19.4. The van der Waals surface area contributed by atoms with E-state index in [9.17, 15) is 4.79 Å². The van der Waals surface area contributed by atoms with Gasteiger partial charge < -0.3 is 11.1 Å². The molecular weight excluding hydrogens is 387 g/mol. The van der Waals surface area contributed by atoms with E-state index in [4.69, 9.17) is 28.9 Å². The molecule has 5 N–H and O–H groups in total. The predicted octanol–water partition coefficient (Wildman–Crippen LogP) is 4.17. The molecule has 3 aromatic rings. The van der Waals surface area contributed by atoms with E-state index in [1.54, 1.807) is 30.3 Å². The minimum Gasteiger partial charge on any atom is -0.393 e. The highest BCUT2D eigenvalue weighted by Crippen LogP contribution is 2.28. The third-order valence-electron chi connectivity index (χ3n) is 3.73. The molecule has 1 amide bonds. The van der Waals surface area contributed by atoms with Gasteiger partial charge in [0.25, 0.3) is 5.91 Å². The molecule has 3 rings (SSSR count). The van der Waals surface area contributed by atoms with Crippen LogP contribution in [0.3, 0.4) is 0 Å². The normalized spacial score (nSPS) is 10.3.